The van der Waals surface area contributed by atoms with Gasteiger partial charge >= 0.3 is 5.69 Å². The Morgan fingerprint density at radius 1 is 1.81 bits per heavy atom. The fraction of sp³-hybridized carbons (Fsp3) is 0.500. The predicted octanol–water partition coefficient (Wildman–Crippen LogP) is -0.539. The molecule has 1 atom stereocenters. The Balaban J connectivity index is 2.68. The second-order valence-corrected chi connectivity index (χ2v) is 3.13. The lowest BCUT2D eigenvalue weighted by atomic mass is 10.3. The Morgan fingerprint density at radius 3 is 3.00 bits per heavy atom. The van der Waals surface area contributed by atoms with Crippen LogP contribution in [0.3, 0.4) is 0 Å². The number of nitrogens with zero attached hydrogens (tertiary/aromatic N) is 3. The summed E-state index contributed by atoms with van der Waals surface area (Å²) in [6, 6.07) is -0.653. The largest absolute Gasteiger partial charge is 0.395 e. The summed E-state index contributed by atoms with van der Waals surface area (Å²) in [5.41, 5.74) is -0.165. The quantitative estimate of drug-likeness (QED) is 0.519. The number of aliphatic hydroxyl groups is 1. The Hall–Kier alpha value is -1.96. The van der Waals surface area contributed by atoms with E-state index in [2.05, 4.69) is 10.4 Å². The van der Waals surface area contributed by atoms with Crippen LogP contribution in [0, 0.1) is 10.1 Å². The van der Waals surface area contributed by atoms with Gasteiger partial charge in [-0.2, -0.15) is 5.10 Å². The number of aliphatic hydroxyl groups excluding tert-OH is 1. The molecule has 8 heteroatoms. The molecule has 1 rings (SSSR count). The number of aromatic nitrogens is 2. The first-order valence-corrected chi connectivity index (χ1v) is 4.63. The zero-order chi connectivity index (χ0) is 12.1. The molecule has 1 heterocycles. The van der Waals surface area contributed by atoms with Crippen molar-refractivity contribution in [1.29, 1.82) is 0 Å². The van der Waals surface area contributed by atoms with Crippen molar-refractivity contribution in [1.82, 2.24) is 15.1 Å². The molecule has 0 spiro atoms. The van der Waals surface area contributed by atoms with Crippen molar-refractivity contribution >= 4 is 11.6 Å². The van der Waals surface area contributed by atoms with Gasteiger partial charge in [-0.3, -0.25) is 19.6 Å². The van der Waals surface area contributed by atoms with E-state index in [4.69, 9.17) is 5.11 Å². The average molecular weight is 228 g/mol. The first-order valence-electron chi connectivity index (χ1n) is 4.63. The van der Waals surface area contributed by atoms with E-state index in [-0.39, 0.29) is 24.7 Å². The minimum Gasteiger partial charge on any atom is -0.395 e. The summed E-state index contributed by atoms with van der Waals surface area (Å²) in [4.78, 5) is 21.2. The monoisotopic (exact) mass is 228 g/mol. The number of nitrogens with one attached hydrogen (secondary N) is 1. The summed E-state index contributed by atoms with van der Waals surface area (Å²) < 4.78 is 1.20. The SMILES string of the molecule is CC(C(=O)NCCO)n1cc([N+](=O)[O-])cn1. The summed E-state index contributed by atoms with van der Waals surface area (Å²) in [5, 5.41) is 25.1. The molecule has 0 aliphatic heterocycles. The van der Waals surface area contributed by atoms with E-state index >= 15 is 0 Å². The summed E-state index contributed by atoms with van der Waals surface area (Å²) >= 11 is 0. The number of carbonyl (C=O) groups is 1. The number of rotatable bonds is 5. The second-order valence-electron chi connectivity index (χ2n) is 3.13. The molecule has 0 bridgehead atoms. The second kappa shape index (κ2) is 5.21. The van der Waals surface area contributed by atoms with Gasteiger partial charge in [-0.1, -0.05) is 0 Å². The molecule has 1 amide bonds. The standard InChI is InChI=1S/C8H12N4O4/c1-6(8(14)9-2-3-13)11-5-7(4-10-11)12(15)16/h4-6,13H,2-3H2,1H3,(H,9,14). The van der Waals surface area contributed by atoms with Gasteiger partial charge in [0.2, 0.25) is 5.91 Å². The smallest absolute Gasteiger partial charge is 0.307 e. The molecular formula is C8H12N4O4. The zero-order valence-corrected chi connectivity index (χ0v) is 8.66. The van der Waals surface area contributed by atoms with Crippen LogP contribution in [0.5, 0.6) is 0 Å². The molecule has 0 aromatic carbocycles. The van der Waals surface area contributed by atoms with Crippen LogP contribution in [-0.4, -0.2) is 38.9 Å². The van der Waals surface area contributed by atoms with E-state index in [9.17, 15) is 14.9 Å². The third-order valence-corrected chi connectivity index (χ3v) is 1.99. The Kier molecular flexibility index (Phi) is 3.95. The highest BCUT2D eigenvalue weighted by molar-refractivity contribution is 5.79. The number of hydrogen-bond acceptors (Lipinski definition) is 5. The molecule has 0 saturated heterocycles. The first-order chi connectivity index (χ1) is 7.56. The molecule has 0 radical (unpaired) electrons. The molecule has 0 aliphatic rings. The van der Waals surface area contributed by atoms with E-state index in [0.717, 1.165) is 6.20 Å². The lowest BCUT2D eigenvalue weighted by molar-refractivity contribution is -0.385. The highest BCUT2D eigenvalue weighted by atomic mass is 16.6. The molecule has 8 nitrogen and oxygen atoms in total. The Morgan fingerprint density at radius 2 is 2.50 bits per heavy atom. The fourth-order valence-corrected chi connectivity index (χ4v) is 1.08. The molecule has 2 N–H and O–H groups in total. The van der Waals surface area contributed by atoms with Gasteiger partial charge in [0.15, 0.2) is 0 Å². The molecule has 0 aliphatic carbocycles. The van der Waals surface area contributed by atoms with Crippen molar-refractivity contribution in [2.75, 3.05) is 13.2 Å². The van der Waals surface area contributed by atoms with Crippen molar-refractivity contribution < 1.29 is 14.8 Å². The van der Waals surface area contributed by atoms with E-state index in [1.807, 2.05) is 0 Å². The number of hydrogen-bond donors (Lipinski definition) is 2. The zero-order valence-electron chi connectivity index (χ0n) is 8.66. The minimum atomic E-state index is -0.653. The maximum Gasteiger partial charge on any atom is 0.307 e. The molecule has 16 heavy (non-hydrogen) atoms. The maximum atomic E-state index is 11.4. The third kappa shape index (κ3) is 2.76. The minimum absolute atomic E-state index is 0.145. The van der Waals surface area contributed by atoms with Crippen LogP contribution in [0.4, 0.5) is 5.69 Å². The van der Waals surface area contributed by atoms with Crippen molar-refractivity contribution in [3.8, 4) is 0 Å². The van der Waals surface area contributed by atoms with Gasteiger partial charge in [0.1, 0.15) is 18.4 Å². The van der Waals surface area contributed by atoms with Gasteiger partial charge in [-0.15, -0.1) is 0 Å². The van der Waals surface area contributed by atoms with Gasteiger partial charge in [0, 0.05) is 6.54 Å². The summed E-state index contributed by atoms with van der Waals surface area (Å²) in [6.07, 6.45) is 2.26. The van der Waals surface area contributed by atoms with Crippen LogP contribution in [0.25, 0.3) is 0 Å². The molecule has 0 fully saturated rings. The van der Waals surface area contributed by atoms with Gasteiger partial charge in [-0.05, 0) is 6.92 Å². The van der Waals surface area contributed by atoms with E-state index in [1.165, 1.54) is 10.9 Å². The van der Waals surface area contributed by atoms with Crippen molar-refractivity contribution in [2.24, 2.45) is 0 Å². The van der Waals surface area contributed by atoms with Crippen LogP contribution in [0.1, 0.15) is 13.0 Å². The number of amides is 1. The fourth-order valence-electron chi connectivity index (χ4n) is 1.08. The lowest BCUT2D eigenvalue weighted by Crippen LogP contribution is -2.33. The Bertz CT molecular complexity index is 389. The molecule has 1 aromatic heterocycles. The molecule has 0 saturated carbocycles. The van der Waals surface area contributed by atoms with Gasteiger partial charge < -0.3 is 10.4 Å². The maximum absolute atomic E-state index is 11.4. The highest BCUT2D eigenvalue weighted by Crippen LogP contribution is 2.12. The van der Waals surface area contributed by atoms with E-state index < -0.39 is 11.0 Å². The molecule has 1 aromatic rings. The predicted molar refractivity (Wildman–Crippen MR) is 53.7 cm³/mol. The normalized spacial score (nSPS) is 12.1. The molecule has 88 valence electrons. The summed E-state index contributed by atoms with van der Waals surface area (Å²) in [6.45, 7) is 1.55. The van der Waals surface area contributed by atoms with Crippen LogP contribution in [0.2, 0.25) is 0 Å². The Labute approximate surface area is 91.0 Å². The van der Waals surface area contributed by atoms with Crippen molar-refractivity contribution in [3.63, 3.8) is 0 Å². The van der Waals surface area contributed by atoms with Crippen LogP contribution < -0.4 is 5.32 Å². The van der Waals surface area contributed by atoms with Crippen molar-refractivity contribution in [3.05, 3.63) is 22.5 Å². The molecular weight excluding hydrogens is 216 g/mol. The lowest BCUT2D eigenvalue weighted by Gasteiger charge is -2.11. The third-order valence-electron chi connectivity index (χ3n) is 1.99. The number of nitro groups is 1. The van der Waals surface area contributed by atoms with E-state index in [1.54, 1.807) is 6.92 Å². The van der Waals surface area contributed by atoms with Gasteiger partial charge in [0.05, 0.1) is 11.5 Å². The van der Waals surface area contributed by atoms with Crippen LogP contribution >= 0.6 is 0 Å². The van der Waals surface area contributed by atoms with Crippen LogP contribution in [0.15, 0.2) is 12.4 Å². The topological polar surface area (TPSA) is 110 Å². The van der Waals surface area contributed by atoms with Crippen molar-refractivity contribution in [2.45, 2.75) is 13.0 Å². The van der Waals surface area contributed by atoms with Gasteiger partial charge in [0.25, 0.3) is 0 Å². The summed E-state index contributed by atoms with van der Waals surface area (Å²) in [5.74, 6) is -0.355. The van der Waals surface area contributed by atoms with Gasteiger partial charge in [-0.25, -0.2) is 0 Å². The first kappa shape index (κ1) is 12.1. The van der Waals surface area contributed by atoms with Crippen LogP contribution in [-0.2, 0) is 4.79 Å². The highest BCUT2D eigenvalue weighted by Gasteiger charge is 2.18. The molecule has 1 unspecified atom stereocenters. The van der Waals surface area contributed by atoms with E-state index in [0.29, 0.717) is 0 Å². The number of carbonyl (C=O) groups excluding carboxylic acids is 1. The summed E-state index contributed by atoms with van der Waals surface area (Å²) in [7, 11) is 0. The average Bonchev–Trinajstić information content (AvgIpc) is 2.74.